The number of hydrogen-bond donors (Lipinski definition) is 1. The average Bonchev–Trinajstić information content (AvgIpc) is 2.75. The predicted molar refractivity (Wildman–Crippen MR) is 71.7 cm³/mol. The molecule has 4 heteroatoms. The molecule has 17 heavy (non-hydrogen) atoms. The summed E-state index contributed by atoms with van der Waals surface area (Å²) >= 11 is 1.99. The maximum Gasteiger partial charge on any atom is 0.143 e. The van der Waals surface area contributed by atoms with Gasteiger partial charge in [-0.2, -0.15) is 17.0 Å². The van der Waals surface area contributed by atoms with Crippen molar-refractivity contribution in [2.75, 3.05) is 18.2 Å². The molecule has 1 aliphatic rings. The van der Waals surface area contributed by atoms with E-state index < -0.39 is 0 Å². The molecule has 2 unspecified atom stereocenters. The quantitative estimate of drug-likeness (QED) is 0.893. The molecule has 1 heterocycles. The smallest absolute Gasteiger partial charge is 0.143 e. The Kier molecular flexibility index (Phi) is 3.80. The van der Waals surface area contributed by atoms with Crippen LogP contribution in [-0.2, 0) is 0 Å². The summed E-state index contributed by atoms with van der Waals surface area (Å²) in [7, 11) is 1.63. The lowest BCUT2D eigenvalue weighted by Crippen LogP contribution is -2.19. The lowest BCUT2D eigenvalue weighted by Gasteiger charge is -2.16. The molecule has 1 fully saturated rings. The van der Waals surface area contributed by atoms with Crippen LogP contribution in [0.25, 0.3) is 0 Å². The number of nitriles is 1. The number of ether oxygens (including phenoxy) is 1. The molecule has 0 bridgehead atoms. The Balaban J connectivity index is 2.13. The highest BCUT2D eigenvalue weighted by Crippen LogP contribution is 2.32. The molecule has 1 N–H and O–H groups in total. The van der Waals surface area contributed by atoms with Crippen LogP contribution >= 0.6 is 11.8 Å². The fourth-order valence-corrected chi connectivity index (χ4v) is 3.17. The molecule has 0 spiro atoms. The van der Waals surface area contributed by atoms with E-state index in [2.05, 4.69) is 18.3 Å². The van der Waals surface area contributed by atoms with Crippen LogP contribution in [0, 0.1) is 11.3 Å². The molecule has 1 aliphatic heterocycles. The van der Waals surface area contributed by atoms with Gasteiger partial charge in [0.2, 0.25) is 0 Å². The summed E-state index contributed by atoms with van der Waals surface area (Å²) in [5.74, 6) is 1.87. The van der Waals surface area contributed by atoms with Crippen LogP contribution in [0.3, 0.4) is 0 Å². The van der Waals surface area contributed by atoms with Crippen molar-refractivity contribution in [3.8, 4) is 11.8 Å². The van der Waals surface area contributed by atoms with Gasteiger partial charge in [-0.3, -0.25) is 0 Å². The number of rotatable bonds is 3. The Morgan fingerprint density at radius 1 is 1.53 bits per heavy atom. The van der Waals surface area contributed by atoms with Crippen molar-refractivity contribution in [2.45, 2.75) is 24.6 Å². The number of hydrogen-bond acceptors (Lipinski definition) is 4. The predicted octanol–water partition coefficient (Wildman–Crippen LogP) is 2.87. The molecule has 0 saturated carbocycles. The fraction of sp³-hybridized carbons (Fsp3) is 0.462. The van der Waals surface area contributed by atoms with Crippen molar-refractivity contribution >= 4 is 17.4 Å². The first-order valence-electron chi connectivity index (χ1n) is 5.69. The van der Waals surface area contributed by atoms with E-state index in [-0.39, 0.29) is 0 Å². The first-order chi connectivity index (χ1) is 8.22. The SMILES string of the molecule is COc1cc(C#N)ccc1NC1CSC(C)C1. The third-order valence-corrected chi connectivity index (χ3v) is 4.24. The van der Waals surface area contributed by atoms with Crippen LogP contribution in [0.4, 0.5) is 5.69 Å². The Morgan fingerprint density at radius 3 is 2.94 bits per heavy atom. The van der Waals surface area contributed by atoms with Gasteiger partial charge in [-0.25, -0.2) is 0 Å². The molecule has 90 valence electrons. The van der Waals surface area contributed by atoms with E-state index in [1.165, 1.54) is 6.42 Å². The Bertz CT molecular complexity index is 442. The number of thioether (sulfide) groups is 1. The van der Waals surface area contributed by atoms with Gasteiger partial charge in [-0.1, -0.05) is 6.92 Å². The average molecular weight is 248 g/mol. The van der Waals surface area contributed by atoms with Gasteiger partial charge < -0.3 is 10.1 Å². The van der Waals surface area contributed by atoms with Crippen molar-refractivity contribution in [2.24, 2.45) is 0 Å². The second kappa shape index (κ2) is 5.33. The summed E-state index contributed by atoms with van der Waals surface area (Å²) < 4.78 is 5.30. The van der Waals surface area contributed by atoms with Gasteiger partial charge in [0.1, 0.15) is 5.75 Å². The summed E-state index contributed by atoms with van der Waals surface area (Å²) in [5, 5.41) is 13.0. The van der Waals surface area contributed by atoms with Crippen molar-refractivity contribution in [1.82, 2.24) is 0 Å². The molecule has 0 amide bonds. The molecular weight excluding hydrogens is 232 g/mol. The minimum atomic E-state index is 0.497. The summed E-state index contributed by atoms with van der Waals surface area (Å²) in [5.41, 5.74) is 1.60. The normalized spacial score (nSPS) is 23.1. The fourth-order valence-electron chi connectivity index (χ4n) is 2.02. The van der Waals surface area contributed by atoms with Crippen molar-refractivity contribution in [3.05, 3.63) is 23.8 Å². The van der Waals surface area contributed by atoms with Crippen LogP contribution in [0.2, 0.25) is 0 Å². The van der Waals surface area contributed by atoms with E-state index in [0.29, 0.717) is 11.6 Å². The molecule has 1 aromatic carbocycles. The number of anilines is 1. The lowest BCUT2D eigenvalue weighted by atomic mass is 10.1. The van der Waals surface area contributed by atoms with Crippen LogP contribution in [0.1, 0.15) is 18.9 Å². The molecule has 0 aromatic heterocycles. The highest BCUT2D eigenvalue weighted by atomic mass is 32.2. The zero-order valence-electron chi connectivity index (χ0n) is 10.1. The van der Waals surface area contributed by atoms with E-state index >= 15 is 0 Å². The van der Waals surface area contributed by atoms with Gasteiger partial charge in [0.05, 0.1) is 24.4 Å². The molecule has 2 atom stereocenters. The van der Waals surface area contributed by atoms with Crippen LogP contribution in [-0.4, -0.2) is 24.2 Å². The summed E-state index contributed by atoms with van der Waals surface area (Å²) in [6.45, 7) is 2.25. The summed E-state index contributed by atoms with van der Waals surface area (Å²) in [6, 6.07) is 8.12. The topological polar surface area (TPSA) is 45.0 Å². The molecule has 1 aromatic rings. The monoisotopic (exact) mass is 248 g/mol. The highest BCUT2D eigenvalue weighted by molar-refractivity contribution is 8.00. The molecule has 3 nitrogen and oxygen atoms in total. The van der Waals surface area contributed by atoms with Gasteiger partial charge in [0.25, 0.3) is 0 Å². The summed E-state index contributed by atoms with van der Waals surface area (Å²) in [4.78, 5) is 0. The number of benzene rings is 1. The van der Waals surface area contributed by atoms with Gasteiger partial charge in [-0.15, -0.1) is 0 Å². The zero-order chi connectivity index (χ0) is 12.3. The standard InChI is InChI=1S/C13H16N2OS/c1-9-5-11(8-17-9)15-12-4-3-10(7-14)6-13(12)16-2/h3-4,6,9,11,15H,5,8H2,1-2H3. The van der Waals surface area contributed by atoms with E-state index in [9.17, 15) is 0 Å². The second-order valence-electron chi connectivity index (χ2n) is 4.25. The first-order valence-corrected chi connectivity index (χ1v) is 6.74. The zero-order valence-corrected chi connectivity index (χ0v) is 10.9. The van der Waals surface area contributed by atoms with Crippen molar-refractivity contribution in [3.63, 3.8) is 0 Å². The van der Waals surface area contributed by atoms with Crippen LogP contribution < -0.4 is 10.1 Å². The molecular formula is C13H16N2OS. The van der Waals surface area contributed by atoms with E-state index in [1.54, 1.807) is 13.2 Å². The minimum Gasteiger partial charge on any atom is -0.495 e. The van der Waals surface area contributed by atoms with Gasteiger partial charge in [0.15, 0.2) is 0 Å². The summed E-state index contributed by atoms with van der Waals surface area (Å²) in [6.07, 6.45) is 1.17. The maximum absolute atomic E-state index is 8.84. The van der Waals surface area contributed by atoms with E-state index in [4.69, 9.17) is 10.00 Å². The van der Waals surface area contributed by atoms with E-state index in [0.717, 1.165) is 22.4 Å². The van der Waals surface area contributed by atoms with Crippen molar-refractivity contribution in [1.29, 1.82) is 5.26 Å². The number of methoxy groups -OCH3 is 1. The second-order valence-corrected chi connectivity index (χ2v) is 5.72. The third kappa shape index (κ3) is 2.86. The maximum atomic E-state index is 8.84. The van der Waals surface area contributed by atoms with Crippen LogP contribution in [0.5, 0.6) is 5.75 Å². The lowest BCUT2D eigenvalue weighted by molar-refractivity contribution is 0.416. The minimum absolute atomic E-state index is 0.497. The Morgan fingerprint density at radius 2 is 2.35 bits per heavy atom. The Labute approximate surface area is 106 Å². The molecule has 0 aliphatic carbocycles. The third-order valence-electron chi connectivity index (χ3n) is 2.89. The molecule has 0 radical (unpaired) electrons. The number of nitrogens with one attached hydrogen (secondary N) is 1. The first kappa shape index (κ1) is 12.1. The molecule has 1 saturated heterocycles. The largest absolute Gasteiger partial charge is 0.495 e. The van der Waals surface area contributed by atoms with Crippen molar-refractivity contribution < 1.29 is 4.74 Å². The number of nitrogens with zero attached hydrogens (tertiary/aromatic N) is 1. The van der Waals surface area contributed by atoms with Gasteiger partial charge in [0, 0.05) is 23.1 Å². The highest BCUT2D eigenvalue weighted by Gasteiger charge is 2.22. The van der Waals surface area contributed by atoms with Gasteiger partial charge in [-0.05, 0) is 18.6 Å². The Hall–Kier alpha value is -1.34. The van der Waals surface area contributed by atoms with Crippen LogP contribution in [0.15, 0.2) is 18.2 Å². The van der Waals surface area contributed by atoms with E-state index in [1.807, 2.05) is 23.9 Å². The van der Waals surface area contributed by atoms with Gasteiger partial charge >= 0.3 is 0 Å². The molecule has 2 rings (SSSR count).